The van der Waals surface area contributed by atoms with Gasteiger partial charge in [0, 0.05) is 29.7 Å². The lowest BCUT2D eigenvalue weighted by Crippen LogP contribution is -2.28. The van der Waals surface area contributed by atoms with Crippen molar-refractivity contribution in [2.75, 3.05) is 25.0 Å². The van der Waals surface area contributed by atoms with Gasteiger partial charge in [-0.25, -0.2) is 9.37 Å². The third-order valence-electron chi connectivity index (χ3n) is 5.86. The smallest absolute Gasteiger partial charge is 0.231 e. The first kappa shape index (κ1) is 21.1. The Labute approximate surface area is 181 Å². The number of hydrogen-bond acceptors (Lipinski definition) is 3. The number of aromatic nitrogens is 3. The second kappa shape index (κ2) is 8.89. The highest BCUT2D eigenvalue weighted by Crippen LogP contribution is 2.25. The number of para-hydroxylation sites is 2. The van der Waals surface area contributed by atoms with Gasteiger partial charge in [0.05, 0.1) is 17.5 Å². The number of aryl methyl sites for hydroxylation is 1. The Kier molecular flexibility index (Phi) is 6.04. The summed E-state index contributed by atoms with van der Waals surface area (Å²) in [4.78, 5) is 23.2. The van der Waals surface area contributed by atoms with Gasteiger partial charge in [-0.1, -0.05) is 26.0 Å². The van der Waals surface area contributed by atoms with E-state index in [4.69, 9.17) is 0 Å². The van der Waals surface area contributed by atoms with Crippen molar-refractivity contribution >= 4 is 33.8 Å². The van der Waals surface area contributed by atoms with Crippen LogP contribution in [-0.4, -0.2) is 45.0 Å². The molecule has 6 nitrogen and oxygen atoms in total. The number of nitrogens with zero attached hydrogens (tertiary/aromatic N) is 3. The van der Waals surface area contributed by atoms with Gasteiger partial charge in [0.1, 0.15) is 5.82 Å². The number of aromatic amines is 1. The molecule has 0 spiro atoms. The fraction of sp³-hybridized carbons (Fsp3) is 0.333. The highest BCUT2D eigenvalue weighted by molar-refractivity contribution is 5.96. The highest BCUT2D eigenvalue weighted by Gasteiger charge is 2.17. The van der Waals surface area contributed by atoms with Gasteiger partial charge >= 0.3 is 0 Å². The molecule has 2 heterocycles. The lowest BCUT2D eigenvalue weighted by atomic mass is 10.1. The fourth-order valence-corrected chi connectivity index (χ4v) is 4.09. The number of H-pyrrole nitrogens is 1. The van der Waals surface area contributed by atoms with Crippen LogP contribution in [0.4, 0.5) is 10.3 Å². The molecule has 2 N–H and O–H groups in total. The van der Waals surface area contributed by atoms with Crippen LogP contribution in [0.2, 0.25) is 0 Å². The molecule has 31 heavy (non-hydrogen) atoms. The average Bonchev–Trinajstić information content (AvgIpc) is 3.25. The number of nitrogens with one attached hydrogen (secondary N) is 2. The number of fused-ring (bicyclic) bond motifs is 2. The highest BCUT2D eigenvalue weighted by atomic mass is 19.1. The second-order valence-electron chi connectivity index (χ2n) is 7.75. The van der Waals surface area contributed by atoms with Gasteiger partial charge in [-0.3, -0.25) is 10.1 Å². The van der Waals surface area contributed by atoms with E-state index in [2.05, 4.69) is 38.6 Å². The Morgan fingerprint density at radius 2 is 1.97 bits per heavy atom. The van der Waals surface area contributed by atoms with Crippen LogP contribution in [0, 0.1) is 12.7 Å². The number of hydrogen-bond donors (Lipinski definition) is 2. The van der Waals surface area contributed by atoms with Gasteiger partial charge in [0.25, 0.3) is 0 Å². The van der Waals surface area contributed by atoms with Gasteiger partial charge in [-0.15, -0.1) is 0 Å². The summed E-state index contributed by atoms with van der Waals surface area (Å²) >= 11 is 0. The van der Waals surface area contributed by atoms with Crippen LogP contribution >= 0.6 is 0 Å². The van der Waals surface area contributed by atoms with E-state index in [9.17, 15) is 9.18 Å². The number of halogens is 1. The maximum Gasteiger partial charge on any atom is 0.231 e. The van der Waals surface area contributed by atoms with Crippen LogP contribution in [0.5, 0.6) is 0 Å². The standard InChI is InChI=1S/C24H28FN5O/c1-4-29(5-2)12-13-30-22-9-7-6-8-21(22)27-24(30)28-23(31)15-18-16(3)26-20-11-10-17(25)14-19(18)20/h6-11,14,26H,4-5,12-13,15H2,1-3H3,(H,27,28,31). The summed E-state index contributed by atoms with van der Waals surface area (Å²) in [5, 5.41) is 3.73. The van der Waals surface area contributed by atoms with Crippen molar-refractivity contribution in [3.8, 4) is 0 Å². The van der Waals surface area contributed by atoms with Crippen molar-refractivity contribution in [2.24, 2.45) is 0 Å². The van der Waals surface area contributed by atoms with Crippen LogP contribution in [0.3, 0.4) is 0 Å². The summed E-state index contributed by atoms with van der Waals surface area (Å²) in [6, 6.07) is 12.5. The number of benzene rings is 2. The molecule has 0 bridgehead atoms. The second-order valence-corrected chi connectivity index (χ2v) is 7.75. The van der Waals surface area contributed by atoms with Crippen LogP contribution in [-0.2, 0) is 17.8 Å². The molecule has 0 saturated carbocycles. The zero-order valence-electron chi connectivity index (χ0n) is 18.2. The van der Waals surface area contributed by atoms with Gasteiger partial charge in [0.15, 0.2) is 0 Å². The van der Waals surface area contributed by atoms with E-state index in [0.29, 0.717) is 5.95 Å². The van der Waals surface area contributed by atoms with Crippen LogP contribution in [0.25, 0.3) is 21.9 Å². The van der Waals surface area contributed by atoms with E-state index >= 15 is 0 Å². The normalized spacial score (nSPS) is 11.6. The molecule has 1 amide bonds. The fourth-order valence-electron chi connectivity index (χ4n) is 4.09. The Morgan fingerprint density at radius 3 is 2.74 bits per heavy atom. The van der Waals surface area contributed by atoms with E-state index < -0.39 is 0 Å². The maximum atomic E-state index is 13.8. The molecule has 2 aromatic carbocycles. The van der Waals surface area contributed by atoms with Crippen LogP contribution in [0.1, 0.15) is 25.1 Å². The quantitative estimate of drug-likeness (QED) is 0.441. The van der Waals surface area contributed by atoms with Crippen molar-refractivity contribution in [3.63, 3.8) is 0 Å². The number of likely N-dealkylation sites (N-methyl/N-ethyl adjacent to an activating group) is 1. The molecule has 0 aliphatic carbocycles. The minimum atomic E-state index is -0.314. The number of rotatable bonds is 8. The summed E-state index contributed by atoms with van der Waals surface area (Å²) in [6.45, 7) is 9.74. The molecule has 7 heteroatoms. The van der Waals surface area contributed by atoms with Gasteiger partial charge in [-0.05, 0) is 55.9 Å². The van der Waals surface area contributed by atoms with E-state index in [1.807, 2.05) is 31.2 Å². The molecular formula is C24H28FN5O. The third kappa shape index (κ3) is 4.32. The minimum absolute atomic E-state index is 0.147. The molecule has 4 rings (SSSR count). The van der Waals surface area contributed by atoms with E-state index in [0.717, 1.165) is 59.4 Å². The first-order valence-electron chi connectivity index (χ1n) is 10.7. The van der Waals surface area contributed by atoms with Crippen molar-refractivity contribution in [1.82, 2.24) is 19.4 Å². The Morgan fingerprint density at radius 1 is 1.19 bits per heavy atom. The number of carbonyl (C=O) groups excluding carboxylic acids is 1. The molecule has 4 aromatic rings. The van der Waals surface area contributed by atoms with Gasteiger partial charge in [-0.2, -0.15) is 0 Å². The zero-order valence-corrected chi connectivity index (χ0v) is 18.2. The summed E-state index contributed by atoms with van der Waals surface area (Å²) < 4.78 is 15.8. The van der Waals surface area contributed by atoms with Crippen LogP contribution < -0.4 is 5.32 Å². The Bertz CT molecular complexity index is 1220. The SMILES string of the molecule is CCN(CC)CCn1c(NC(=O)Cc2c(C)[nH]c3ccc(F)cc23)nc2ccccc21. The Balaban J connectivity index is 1.59. The molecule has 0 atom stereocenters. The van der Waals surface area contributed by atoms with Crippen molar-refractivity contribution in [1.29, 1.82) is 0 Å². The lowest BCUT2D eigenvalue weighted by Gasteiger charge is -2.19. The van der Waals surface area contributed by atoms with Crippen molar-refractivity contribution in [3.05, 3.63) is 59.5 Å². The van der Waals surface area contributed by atoms with Crippen molar-refractivity contribution < 1.29 is 9.18 Å². The summed E-state index contributed by atoms with van der Waals surface area (Å²) in [5.74, 6) is 0.0565. The number of anilines is 1. The molecule has 162 valence electrons. The molecule has 2 aromatic heterocycles. The Hall–Kier alpha value is -3.19. The largest absolute Gasteiger partial charge is 0.358 e. The maximum absolute atomic E-state index is 13.8. The zero-order chi connectivity index (χ0) is 22.0. The molecule has 0 aliphatic rings. The topological polar surface area (TPSA) is 65.9 Å². The molecule has 0 aliphatic heterocycles. The average molecular weight is 422 g/mol. The number of carbonyl (C=O) groups is 1. The molecule has 0 radical (unpaired) electrons. The van der Waals surface area contributed by atoms with Gasteiger partial charge < -0.3 is 14.5 Å². The molecular weight excluding hydrogens is 393 g/mol. The lowest BCUT2D eigenvalue weighted by molar-refractivity contribution is -0.115. The first-order chi connectivity index (χ1) is 15.0. The first-order valence-corrected chi connectivity index (χ1v) is 10.7. The molecule has 0 fully saturated rings. The molecule has 0 saturated heterocycles. The predicted octanol–water partition coefficient (Wildman–Crippen LogP) is 4.49. The van der Waals surface area contributed by atoms with Crippen molar-refractivity contribution in [2.45, 2.75) is 33.7 Å². The predicted molar refractivity (Wildman–Crippen MR) is 123 cm³/mol. The minimum Gasteiger partial charge on any atom is -0.358 e. The molecule has 0 unspecified atom stereocenters. The number of amides is 1. The number of imidazole rings is 1. The summed E-state index contributed by atoms with van der Waals surface area (Å²) in [5.41, 5.74) is 4.34. The van der Waals surface area contributed by atoms with E-state index in [1.165, 1.54) is 12.1 Å². The van der Waals surface area contributed by atoms with E-state index in [-0.39, 0.29) is 18.1 Å². The summed E-state index contributed by atoms with van der Waals surface area (Å²) in [7, 11) is 0. The van der Waals surface area contributed by atoms with Gasteiger partial charge in [0.2, 0.25) is 11.9 Å². The van der Waals surface area contributed by atoms with E-state index in [1.54, 1.807) is 6.07 Å². The summed E-state index contributed by atoms with van der Waals surface area (Å²) in [6.07, 6.45) is 0.147. The third-order valence-corrected chi connectivity index (χ3v) is 5.86. The van der Waals surface area contributed by atoms with Crippen LogP contribution in [0.15, 0.2) is 42.5 Å². The monoisotopic (exact) mass is 421 g/mol.